The van der Waals surface area contributed by atoms with Gasteiger partial charge in [-0.2, -0.15) is 0 Å². The highest BCUT2D eigenvalue weighted by molar-refractivity contribution is 6.68. The van der Waals surface area contributed by atoms with E-state index in [4.69, 9.17) is 39.5 Å². The zero-order valence-corrected chi connectivity index (χ0v) is 14.9. The van der Waals surface area contributed by atoms with Gasteiger partial charge in [0.1, 0.15) is 5.75 Å². The van der Waals surface area contributed by atoms with E-state index in [9.17, 15) is 0 Å². The van der Waals surface area contributed by atoms with Gasteiger partial charge in [-0.1, -0.05) is 83.7 Å². The molecule has 2 rings (SSSR count). The second kappa shape index (κ2) is 7.59. The van der Waals surface area contributed by atoms with E-state index in [0.29, 0.717) is 6.61 Å². The number of aryl methyl sites for hydroxylation is 1. The molecule has 0 radical (unpaired) electrons. The Morgan fingerprint density at radius 2 is 1.41 bits per heavy atom. The van der Waals surface area contributed by atoms with Gasteiger partial charge in [-0.25, -0.2) is 0 Å². The van der Waals surface area contributed by atoms with Crippen molar-refractivity contribution in [1.82, 2.24) is 0 Å². The van der Waals surface area contributed by atoms with E-state index in [2.05, 4.69) is 6.92 Å². The van der Waals surface area contributed by atoms with Gasteiger partial charge in [-0.05, 0) is 36.6 Å². The summed E-state index contributed by atoms with van der Waals surface area (Å²) in [5, 5.41) is 0. The van der Waals surface area contributed by atoms with Crippen LogP contribution in [0.15, 0.2) is 48.5 Å². The van der Waals surface area contributed by atoms with Crippen molar-refractivity contribution < 1.29 is 4.74 Å². The molecule has 0 aromatic heterocycles. The van der Waals surface area contributed by atoms with Crippen LogP contribution in [0.3, 0.4) is 0 Å². The third kappa shape index (κ3) is 4.55. The first-order valence-corrected chi connectivity index (χ1v) is 8.41. The minimum Gasteiger partial charge on any atom is -0.494 e. The molecule has 2 aromatic rings. The summed E-state index contributed by atoms with van der Waals surface area (Å²) in [6.07, 6.45) is 0.974. The van der Waals surface area contributed by atoms with Crippen molar-refractivity contribution >= 4 is 34.8 Å². The third-order valence-electron chi connectivity index (χ3n) is 3.42. The normalized spacial score (nSPS) is 13.0. The molecule has 1 atom stereocenters. The topological polar surface area (TPSA) is 9.23 Å². The van der Waals surface area contributed by atoms with Gasteiger partial charge in [0.2, 0.25) is 3.79 Å². The van der Waals surface area contributed by atoms with Gasteiger partial charge in [0.25, 0.3) is 0 Å². The summed E-state index contributed by atoms with van der Waals surface area (Å²) in [7, 11) is 0. The SMILES string of the molecule is CCCOc1ccc(C(c2ccc(C)cc2)C(Cl)(Cl)Cl)cc1. The van der Waals surface area contributed by atoms with E-state index in [1.165, 1.54) is 5.56 Å². The molecule has 1 unspecified atom stereocenters. The molecule has 0 fully saturated rings. The average molecular weight is 358 g/mol. The van der Waals surface area contributed by atoms with Crippen LogP contribution < -0.4 is 4.74 Å². The highest BCUT2D eigenvalue weighted by atomic mass is 35.6. The van der Waals surface area contributed by atoms with E-state index >= 15 is 0 Å². The van der Waals surface area contributed by atoms with Crippen molar-refractivity contribution in [2.45, 2.75) is 30.0 Å². The Labute approximate surface area is 147 Å². The summed E-state index contributed by atoms with van der Waals surface area (Å²) in [5.74, 6) is 0.510. The molecule has 0 aliphatic carbocycles. The Kier molecular flexibility index (Phi) is 6.02. The molecule has 0 heterocycles. The lowest BCUT2D eigenvalue weighted by Crippen LogP contribution is -2.18. The molecule has 4 heteroatoms. The van der Waals surface area contributed by atoms with Crippen molar-refractivity contribution in [3.63, 3.8) is 0 Å². The minimum absolute atomic E-state index is 0.321. The van der Waals surface area contributed by atoms with E-state index in [0.717, 1.165) is 23.3 Å². The fraction of sp³-hybridized carbons (Fsp3) is 0.333. The number of hydrogen-bond donors (Lipinski definition) is 0. The monoisotopic (exact) mass is 356 g/mol. The Morgan fingerprint density at radius 3 is 1.86 bits per heavy atom. The smallest absolute Gasteiger partial charge is 0.201 e. The van der Waals surface area contributed by atoms with Gasteiger partial charge in [0.05, 0.1) is 12.5 Å². The predicted molar refractivity (Wildman–Crippen MR) is 95.5 cm³/mol. The lowest BCUT2D eigenvalue weighted by atomic mass is 9.92. The van der Waals surface area contributed by atoms with Crippen molar-refractivity contribution in [3.8, 4) is 5.75 Å². The molecule has 0 spiro atoms. The lowest BCUT2D eigenvalue weighted by Gasteiger charge is -2.25. The maximum atomic E-state index is 6.23. The first kappa shape index (κ1) is 17.5. The molecule has 0 N–H and O–H groups in total. The first-order valence-electron chi connectivity index (χ1n) is 7.28. The summed E-state index contributed by atoms with van der Waals surface area (Å²) >= 11 is 18.7. The Morgan fingerprint density at radius 1 is 0.909 bits per heavy atom. The number of hydrogen-bond acceptors (Lipinski definition) is 1. The highest BCUT2D eigenvalue weighted by Gasteiger charge is 2.35. The largest absolute Gasteiger partial charge is 0.494 e. The fourth-order valence-electron chi connectivity index (χ4n) is 2.31. The van der Waals surface area contributed by atoms with Crippen LogP contribution >= 0.6 is 34.8 Å². The zero-order valence-electron chi connectivity index (χ0n) is 12.7. The second-order valence-electron chi connectivity index (χ2n) is 5.30. The van der Waals surface area contributed by atoms with Crippen LogP contribution in [0.5, 0.6) is 5.75 Å². The number of alkyl halides is 3. The summed E-state index contributed by atoms with van der Waals surface area (Å²) in [5.41, 5.74) is 3.11. The lowest BCUT2D eigenvalue weighted by molar-refractivity contribution is 0.317. The third-order valence-corrected chi connectivity index (χ3v) is 4.08. The molecule has 0 amide bonds. The maximum absolute atomic E-state index is 6.23. The van der Waals surface area contributed by atoms with Crippen molar-refractivity contribution in [2.75, 3.05) is 6.61 Å². The first-order chi connectivity index (χ1) is 10.4. The van der Waals surface area contributed by atoms with Crippen LogP contribution in [0, 0.1) is 6.92 Å². The van der Waals surface area contributed by atoms with Crippen LogP contribution in [-0.2, 0) is 0 Å². The van der Waals surface area contributed by atoms with Crippen molar-refractivity contribution in [3.05, 3.63) is 65.2 Å². The molecule has 0 saturated carbocycles. The van der Waals surface area contributed by atoms with E-state index in [1.54, 1.807) is 0 Å². The van der Waals surface area contributed by atoms with Crippen LogP contribution in [0.4, 0.5) is 0 Å². The van der Waals surface area contributed by atoms with E-state index < -0.39 is 3.79 Å². The molecule has 1 nitrogen and oxygen atoms in total. The summed E-state index contributed by atoms with van der Waals surface area (Å²) < 4.78 is 4.18. The van der Waals surface area contributed by atoms with Gasteiger partial charge >= 0.3 is 0 Å². The highest BCUT2D eigenvalue weighted by Crippen LogP contribution is 2.45. The summed E-state index contributed by atoms with van der Waals surface area (Å²) in [6, 6.07) is 15.8. The van der Waals surface area contributed by atoms with Gasteiger partial charge < -0.3 is 4.74 Å². The van der Waals surface area contributed by atoms with Crippen molar-refractivity contribution in [2.24, 2.45) is 0 Å². The van der Waals surface area contributed by atoms with Crippen LogP contribution in [0.1, 0.15) is 36.0 Å². The molecule has 118 valence electrons. The minimum atomic E-state index is -1.42. The van der Waals surface area contributed by atoms with Crippen LogP contribution in [0.2, 0.25) is 0 Å². The zero-order chi connectivity index (χ0) is 16.2. The molecule has 22 heavy (non-hydrogen) atoms. The molecular weight excluding hydrogens is 339 g/mol. The molecular formula is C18H19Cl3O. The second-order valence-corrected chi connectivity index (χ2v) is 7.67. The molecule has 0 saturated heterocycles. The molecule has 0 aliphatic heterocycles. The van der Waals surface area contributed by atoms with Crippen LogP contribution in [-0.4, -0.2) is 10.4 Å². The summed E-state index contributed by atoms with van der Waals surface area (Å²) in [6.45, 7) is 4.81. The molecule has 2 aromatic carbocycles. The Balaban J connectivity index is 2.32. The Bertz CT molecular complexity index is 585. The average Bonchev–Trinajstić information content (AvgIpc) is 2.47. The van der Waals surface area contributed by atoms with Gasteiger partial charge in [0.15, 0.2) is 0 Å². The number of halogens is 3. The number of rotatable bonds is 5. The standard InChI is InChI=1S/C18H19Cl3O/c1-3-12-22-16-10-8-15(9-11-16)17(18(19,20)21)14-6-4-13(2)5-7-14/h4-11,17H,3,12H2,1-2H3. The Hall–Kier alpha value is -0.890. The molecule has 0 bridgehead atoms. The number of ether oxygens (including phenoxy) is 1. The van der Waals surface area contributed by atoms with Gasteiger partial charge in [-0.3, -0.25) is 0 Å². The van der Waals surface area contributed by atoms with Crippen molar-refractivity contribution in [1.29, 1.82) is 0 Å². The number of benzene rings is 2. The van der Waals surface area contributed by atoms with Gasteiger partial charge in [0, 0.05) is 0 Å². The van der Waals surface area contributed by atoms with E-state index in [-0.39, 0.29) is 5.92 Å². The van der Waals surface area contributed by atoms with E-state index in [1.807, 2.05) is 55.5 Å². The quantitative estimate of drug-likeness (QED) is 0.572. The fourth-order valence-corrected chi connectivity index (χ4v) is 3.06. The molecule has 0 aliphatic rings. The van der Waals surface area contributed by atoms with Gasteiger partial charge in [-0.15, -0.1) is 0 Å². The predicted octanol–water partition coefficient (Wildman–Crippen LogP) is 6.29. The van der Waals surface area contributed by atoms with Crippen LogP contribution in [0.25, 0.3) is 0 Å². The summed E-state index contributed by atoms with van der Waals surface area (Å²) in [4.78, 5) is 0. The maximum Gasteiger partial charge on any atom is 0.201 e.